The molecule has 0 aromatic heterocycles. The Hall–Kier alpha value is -0.520. The van der Waals surface area contributed by atoms with Crippen LogP contribution in [0.5, 0.6) is 0 Å². The summed E-state index contributed by atoms with van der Waals surface area (Å²) in [6, 6.07) is 0. The molecule has 0 radical (unpaired) electrons. The van der Waals surface area contributed by atoms with Crippen molar-refractivity contribution in [2.45, 2.75) is 84.0 Å². The predicted molar refractivity (Wildman–Crippen MR) is 106 cm³/mol. The molecule has 0 saturated heterocycles. The Balaban J connectivity index is 3.28. The van der Waals surface area contributed by atoms with E-state index >= 15 is 0 Å². The normalized spacial score (nSPS) is 11.2. The Bertz CT molecular complexity index is 319. The van der Waals surface area contributed by atoms with E-state index in [1.165, 1.54) is 57.8 Å². The average molecular weight is 367 g/mol. The SMILES string of the molecule is CCCCCCCCCCC=CCC=CCC=C=CCCBr. The van der Waals surface area contributed by atoms with E-state index in [4.69, 9.17) is 0 Å². The molecule has 22 heavy (non-hydrogen) atoms. The molecule has 0 N–H and O–H groups in total. The molecule has 0 saturated carbocycles. The Morgan fingerprint density at radius 2 is 1.32 bits per heavy atom. The first-order valence-corrected chi connectivity index (χ1v) is 10.3. The number of hydrogen-bond donors (Lipinski definition) is 0. The molecule has 0 bridgehead atoms. The number of unbranched alkanes of at least 4 members (excludes halogenated alkanes) is 8. The van der Waals surface area contributed by atoms with E-state index in [2.05, 4.69) is 65.0 Å². The van der Waals surface area contributed by atoms with Gasteiger partial charge in [0.1, 0.15) is 0 Å². The molecular weight excluding hydrogens is 332 g/mol. The summed E-state index contributed by atoms with van der Waals surface area (Å²) in [6.07, 6.45) is 28.9. The standard InChI is InChI=1S/C21H35Br/c1-2-3-4-5-6-7-8-9-10-11-12-13-14-15-16-17-18-19-20-21-22/h11-12,14-15,17,19H,2-10,13,16,20-21H2,1H3. The molecule has 0 aliphatic rings. The van der Waals surface area contributed by atoms with Crippen LogP contribution in [0.2, 0.25) is 0 Å². The quantitative estimate of drug-likeness (QED) is 0.119. The van der Waals surface area contributed by atoms with Crippen LogP contribution >= 0.6 is 15.9 Å². The molecule has 0 atom stereocenters. The fraction of sp³-hybridized carbons (Fsp3) is 0.667. The van der Waals surface area contributed by atoms with Crippen molar-refractivity contribution in [3.05, 3.63) is 42.2 Å². The first kappa shape index (κ1) is 21.5. The maximum absolute atomic E-state index is 3.39. The van der Waals surface area contributed by atoms with Crippen molar-refractivity contribution in [2.24, 2.45) is 0 Å². The van der Waals surface area contributed by atoms with Gasteiger partial charge in [-0.25, -0.2) is 0 Å². The van der Waals surface area contributed by atoms with Gasteiger partial charge < -0.3 is 0 Å². The summed E-state index contributed by atoms with van der Waals surface area (Å²) in [6.45, 7) is 2.28. The van der Waals surface area contributed by atoms with Crippen molar-refractivity contribution in [1.82, 2.24) is 0 Å². The van der Waals surface area contributed by atoms with Gasteiger partial charge in [-0.05, 0) is 44.3 Å². The van der Waals surface area contributed by atoms with E-state index in [1.807, 2.05) is 0 Å². The molecule has 1 heteroatoms. The van der Waals surface area contributed by atoms with Gasteiger partial charge in [-0.3, -0.25) is 0 Å². The minimum Gasteiger partial charge on any atom is -0.129 e. The summed E-state index contributed by atoms with van der Waals surface area (Å²) < 4.78 is 0. The summed E-state index contributed by atoms with van der Waals surface area (Å²) in [5.41, 5.74) is 3.18. The lowest BCUT2D eigenvalue weighted by Gasteiger charge is -1.99. The van der Waals surface area contributed by atoms with Gasteiger partial charge in [0.2, 0.25) is 0 Å². The van der Waals surface area contributed by atoms with Crippen LogP contribution in [0, 0.1) is 0 Å². The second-order valence-corrected chi connectivity index (χ2v) is 6.52. The zero-order valence-electron chi connectivity index (χ0n) is 14.5. The van der Waals surface area contributed by atoms with Crippen LogP contribution in [0.15, 0.2) is 42.2 Å². The molecule has 0 aliphatic heterocycles. The van der Waals surface area contributed by atoms with E-state index in [9.17, 15) is 0 Å². The van der Waals surface area contributed by atoms with Crippen molar-refractivity contribution in [2.75, 3.05) is 5.33 Å². The van der Waals surface area contributed by atoms with Gasteiger partial charge in [0.15, 0.2) is 0 Å². The third kappa shape index (κ3) is 19.5. The van der Waals surface area contributed by atoms with Gasteiger partial charge in [-0.1, -0.05) is 92.1 Å². The molecule has 0 amide bonds. The molecule has 0 aliphatic carbocycles. The molecule has 0 unspecified atom stereocenters. The minimum atomic E-state index is 0.991. The van der Waals surface area contributed by atoms with Crippen molar-refractivity contribution in [3.8, 4) is 0 Å². The highest BCUT2D eigenvalue weighted by atomic mass is 79.9. The molecule has 0 spiro atoms. The number of rotatable bonds is 15. The van der Waals surface area contributed by atoms with Crippen molar-refractivity contribution in [3.63, 3.8) is 0 Å². The maximum Gasteiger partial charge on any atom is 0.00719 e. The summed E-state index contributed by atoms with van der Waals surface area (Å²) in [5.74, 6) is 0. The number of hydrogen-bond acceptors (Lipinski definition) is 0. The Kier molecular flexibility index (Phi) is 20.0. The van der Waals surface area contributed by atoms with Gasteiger partial charge >= 0.3 is 0 Å². The van der Waals surface area contributed by atoms with Crippen LogP contribution in [0.3, 0.4) is 0 Å². The van der Waals surface area contributed by atoms with Crippen molar-refractivity contribution < 1.29 is 0 Å². The molecular formula is C21H35Br. The van der Waals surface area contributed by atoms with Gasteiger partial charge in [0, 0.05) is 5.33 Å². The predicted octanol–water partition coefficient (Wildman–Crippen LogP) is 7.91. The maximum atomic E-state index is 3.39. The van der Waals surface area contributed by atoms with E-state index in [0.717, 1.165) is 24.6 Å². The van der Waals surface area contributed by atoms with Crippen LogP contribution in [0.4, 0.5) is 0 Å². The Morgan fingerprint density at radius 1 is 0.682 bits per heavy atom. The van der Waals surface area contributed by atoms with Crippen LogP contribution in [0.25, 0.3) is 0 Å². The van der Waals surface area contributed by atoms with Crippen LogP contribution < -0.4 is 0 Å². The topological polar surface area (TPSA) is 0 Å². The third-order valence-electron chi connectivity index (χ3n) is 3.57. The van der Waals surface area contributed by atoms with Gasteiger partial charge in [-0.2, -0.15) is 0 Å². The minimum absolute atomic E-state index is 0.991. The lowest BCUT2D eigenvalue weighted by Crippen LogP contribution is -1.79. The molecule has 0 heterocycles. The van der Waals surface area contributed by atoms with E-state index in [1.54, 1.807) is 0 Å². The van der Waals surface area contributed by atoms with E-state index in [-0.39, 0.29) is 0 Å². The largest absolute Gasteiger partial charge is 0.129 e. The fourth-order valence-electron chi connectivity index (χ4n) is 2.24. The van der Waals surface area contributed by atoms with Crippen LogP contribution in [0.1, 0.15) is 84.0 Å². The number of alkyl halides is 1. The highest BCUT2D eigenvalue weighted by Gasteiger charge is 1.90. The lowest BCUT2D eigenvalue weighted by molar-refractivity contribution is 0.577. The molecule has 0 nitrogen and oxygen atoms in total. The first-order valence-electron chi connectivity index (χ1n) is 9.17. The Morgan fingerprint density at radius 3 is 2.05 bits per heavy atom. The molecule has 0 fully saturated rings. The van der Waals surface area contributed by atoms with Crippen LogP contribution in [-0.4, -0.2) is 5.33 Å². The number of allylic oxidation sites excluding steroid dienone is 5. The van der Waals surface area contributed by atoms with Crippen molar-refractivity contribution >= 4 is 15.9 Å². The summed E-state index contributed by atoms with van der Waals surface area (Å²) in [4.78, 5) is 0. The first-order chi connectivity index (χ1) is 10.9. The average Bonchev–Trinajstić information content (AvgIpc) is 2.54. The van der Waals surface area contributed by atoms with Gasteiger partial charge in [0.25, 0.3) is 0 Å². The molecule has 126 valence electrons. The summed E-state index contributed by atoms with van der Waals surface area (Å²) >= 11 is 3.39. The fourth-order valence-corrected chi connectivity index (χ4v) is 2.47. The van der Waals surface area contributed by atoms with E-state index in [0.29, 0.717) is 0 Å². The molecule has 0 rings (SSSR count). The van der Waals surface area contributed by atoms with E-state index < -0.39 is 0 Å². The second-order valence-electron chi connectivity index (χ2n) is 5.73. The summed E-state index contributed by atoms with van der Waals surface area (Å²) in [7, 11) is 0. The zero-order chi connectivity index (χ0) is 16.1. The molecule has 0 aromatic rings. The van der Waals surface area contributed by atoms with Gasteiger partial charge in [-0.15, -0.1) is 5.73 Å². The smallest absolute Gasteiger partial charge is 0.00719 e. The van der Waals surface area contributed by atoms with Gasteiger partial charge in [0.05, 0.1) is 0 Å². The second kappa shape index (κ2) is 20.5. The highest BCUT2D eigenvalue weighted by molar-refractivity contribution is 9.09. The Labute approximate surface area is 147 Å². The number of halogens is 1. The van der Waals surface area contributed by atoms with Crippen LogP contribution in [-0.2, 0) is 0 Å². The monoisotopic (exact) mass is 366 g/mol. The highest BCUT2D eigenvalue weighted by Crippen LogP contribution is 2.09. The zero-order valence-corrected chi connectivity index (χ0v) is 16.1. The lowest BCUT2D eigenvalue weighted by atomic mass is 10.1. The van der Waals surface area contributed by atoms with Crippen molar-refractivity contribution in [1.29, 1.82) is 0 Å². The third-order valence-corrected chi connectivity index (χ3v) is 4.03. The summed E-state index contributed by atoms with van der Waals surface area (Å²) in [5, 5.41) is 1.02. The molecule has 0 aromatic carbocycles.